The normalized spacial score (nSPS) is 19.0. The van der Waals surface area contributed by atoms with Gasteiger partial charge in [-0.2, -0.15) is 0 Å². The standard InChI is InChI=1S/C16H22N4/c1-19(2)13-6-5-7-14(10-13)20-12-17-11-16(20)15-8-3-4-9-18-15/h5-7,10-12,15,18H,3-4,8-9H2,1-2H3. The van der Waals surface area contributed by atoms with Gasteiger partial charge in [0.05, 0.1) is 18.2 Å². The first-order chi connectivity index (χ1) is 9.75. The molecule has 1 aromatic heterocycles. The average molecular weight is 270 g/mol. The zero-order valence-electron chi connectivity index (χ0n) is 12.2. The van der Waals surface area contributed by atoms with E-state index < -0.39 is 0 Å². The van der Waals surface area contributed by atoms with E-state index >= 15 is 0 Å². The highest BCUT2D eigenvalue weighted by Crippen LogP contribution is 2.26. The molecule has 1 fully saturated rings. The van der Waals surface area contributed by atoms with Crippen molar-refractivity contribution in [3.8, 4) is 5.69 Å². The number of nitrogens with zero attached hydrogens (tertiary/aromatic N) is 3. The molecule has 2 heterocycles. The van der Waals surface area contributed by atoms with E-state index in [0.29, 0.717) is 6.04 Å². The molecule has 0 saturated carbocycles. The molecule has 4 nitrogen and oxygen atoms in total. The maximum absolute atomic E-state index is 4.36. The van der Waals surface area contributed by atoms with E-state index in [1.165, 1.54) is 36.3 Å². The molecule has 106 valence electrons. The SMILES string of the molecule is CN(C)c1cccc(-n2cncc2C2CCCCN2)c1. The summed E-state index contributed by atoms with van der Waals surface area (Å²) in [6.07, 6.45) is 7.67. The van der Waals surface area contributed by atoms with Gasteiger partial charge in [-0.05, 0) is 37.6 Å². The van der Waals surface area contributed by atoms with Crippen molar-refractivity contribution in [1.82, 2.24) is 14.9 Å². The van der Waals surface area contributed by atoms with Crippen molar-refractivity contribution in [2.24, 2.45) is 0 Å². The predicted molar refractivity (Wildman–Crippen MR) is 82.5 cm³/mol. The van der Waals surface area contributed by atoms with E-state index in [1.54, 1.807) is 0 Å². The summed E-state index contributed by atoms with van der Waals surface area (Å²) in [4.78, 5) is 6.48. The Bertz CT molecular complexity index is 567. The number of piperidine rings is 1. The van der Waals surface area contributed by atoms with Crippen LogP contribution in [0.1, 0.15) is 31.0 Å². The number of aromatic nitrogens is 2. The van der Waals surface area contributed by atoms with Crippen LogP contribution in [0.15, 0.2) is 36.8 Å². The molecule has 0 amide bonds. The van der Waals surface area contributed by atoms with Gasteiger partial charge in [-0.25, -0.2) is 4.98 Å². The first-order valence-corrected chi connectivity index (χ1v) is 7.29. The second-order valence-corrected chi connectivity index (χ2v) is 5.61. The Morgan fingerprint density at radius 2 is 2.20 bits per heavy atom. The molecule has 1 atom stereocenters. The van der Waals surface area contributed by atoms with E-state index in [0.717, 1.165) is 6.54 Å². The van der Waals surface area contributed by atoms with Crippen molar-refractivity contribution in [3.63, 3.8) is 0 Å². The summed E-state index contributed by atoms with van der Waals surface area (Å²) in [6, 6.07) is 8.99. The lowest BCUT2D eigenvalue weighted by Gasteiger charge is -2.24. The van der Waals surface area contributed by atoms with Crippen LogP contribution in [-0.2, 0) is 0 Å². The monoisotopic (exact) mass is 270 g/mol. The van der Waals surface area contributed by atoms with Gasteiger partial charge in [0, 0.05) is 31.5 Å². The summed E-state index contributed by atoms with van der Waals surface area (Å²) < 4.78 is 2.20. The number of nitrogens with one attached hydrogen (secondary N) is 1. The molecule has 1 N–H and O–H groups in total. The molecule has 0 spiro atoms. The summed E-state index contributed by atoms with van der Waals surface area (Å²) in [7, 11) is 4.13. The van der Waals surface area contributed by atoms with Gasteiger partial charge in [0.1, 0.15) is 0 Å². The van der Waals surface area contributed by atoms with E-state index in [1.807, 2.05) is 12.5 Å². The number of rotatable bonds is 3. The van der Waals surface area contributed by atoms with Crippen molar-refractivity contribution in [3.05, 3.63) is 42.5 Å². The molecule has 2 aromatic rings. The molecule has 1 aromatic carbocycles. The van der Waals surface area contributed by atoms with Gasteiger partial charge in [0.15, 0.2) is 0 Å². The van der Waals surface area contributed by atoms with Crippen molar-refractivity contribution in [1.29, 1.82) is 0 Å². The summed E-state index contributed by atoms with van der Waals surface area (Å²) in [5, 5.41) is 3.60. The second kappa shape index (κ2) is 5.67. The number of imidazole rings is 1. The minimum atomic E-state index is 0.425. The molecule has 20 heavy (non-hydrogen) atoms. The molecular weight excluding hydrogens is 248 g/mol. The molecular formula is C16H22N4. The molecule has 0 radical (unpaired) electrons. The van der Waals surface area contributed by atoms with Crippen LogP contribution in [0.3, 0.4) is 0 Å². The fraction of sp³-hybridized carbons (Fsp3) is 0.438. The smallest absolute Gasteiger partial charge is 0.0994 e. The predicted octanol–water partition coefficient (Wildman–Crippen LogP) is 2.75. The molecule has 3 rings (SSSR count). The highest BCUT2D eigenvalue weighted by molar-refractivity contribution is 5.52. The summed E-state index contributed by atoms with van der Waals surface area (Å²) in [5.41, 5.74) is 3.65. The first-order valence-electron chi connectivity index (χ1n) is 7.29. The van der Waals surface area contributed by atoms with Crippen LogP contribution in [-0.4, -0.2) is 30.2 Å². The van der Waals surface area contributed by atoms with E-state index in [4.69, 9.17) is 0 Å². The van der Waals surface area contributed by atoms with Crippen LogP contribution >= 0.6 is 0 Å². The lowest BCUT2D eigenvalue weighted by Crippen LogP contribution is -2.28. The molecule has 4 heteroatoms. The van der Waals surface area contributed by atoms with Gasteiger partial charge in [-0.15, -0.1) is 0 Å². The summed E-state index contributed by atoms with van der Waals surface area (Å²) in [6.45, 7) is 1.10. The third kappa shape index (κ3) is 2.56. The minimum Gasteiger partial charge on any atom is -0.378 e. The topological polar surface area (TPSA) is 33.1 Å². The van der Waals surface area contributed by atoms with Crippen LogP contribution in [0, 0.1) is 0 Å². The third-order valence-corrected chi connectivity index (χ3v) is 3.96. The maximum Gasteiger partial charge on any atom is 0.0994 e. The average Bonchev–Trinajstić information content (AvgIpc) is 2.98. The maximum atomic E-state index is 4.36. The highest BCUT2D eigenvalue weighted by Gasteiger charge is 2.19. The summed E-state index contributed by atoms with van der Waals surface area (Å²) >= 11 is 0. The zero-order valence-corrected chi connectivity index (χ0v) is 12.2. The molecule has 1 unspecified atom stereocenters. The number of benzene rings is 1. The van der Waals surface area contributed by atoms with Crippen LogP contribution < -0.4 is 10.2 Å². The largest absolute Gasteiger partial charge is 0.378 e. The third-order valence-electron chi connectivity index (χ3n) is 3.96. The molecule has 1 aliphatic rings. The van der Waals surface area contributed by atoms with Crippen LogP contribution in [0.4, 0.5) is 5.69 Å². The Labute approximate surface area is 120 Å². The minimum absolute atomic E-state index is 0.425. The Hall–Kier alpha value is -1.81. The lowest BCUT2D eigenvalue weighted by molar-refractivity contribution is 0.402. The quantitative estimate of drug-likeness (QED) is 0.931. The van der Waals surface area contributed by atoms with Gasteiger partial charge in [-0.1, -0.05) is 12.5 Å². The van der Waals surface area contributed by atoms with Crippen molar-refractivity contribution >= 4 is 5.69 Å². The van der Waals surface area contributed by atoms with Gasteiger partial charge in [0.2, 0.25) is 0 Å². The Morgan fingerprint density at radius 1 is 1.30 bits per heavy atom. The Morgan fingerprint density at radius 3 is 2.95 bits per heavy atom. The van der Waals surface area contributed by atoms with Gasteiger partial charge >= 0.3 is 0 Å². The molecule has 1 aliphatic heterocycles. The fourth-order valence-corrected chi connectivity index (χ4v) is 2.80. The van der Waals surface area contributed by atoms with E-state index in [2.05, 4.69) is 58.1 Å². The van der Waals surface area contributed by atoms with Crippen molar-refractivity contribution < 1.29 is 0 Å². The number of anilines is 1. The summed E-state index contributed by atoms with van der Waals surface area (Å²) in [5.74, 6) is 0. The molecule has 0 aliphatic carbocycles. The second-order valence-electron chi connectivity index (χ2n) is 5.61. The van der Waals surface area contributed by atoms with E-state index in [-0.39, 0.29) is 0 Å². The van der Waals surface area contributed by atoms with Gasteiger partial charge in [-0.3, -0.25) is 0 Å². The van der Waals surface area contributed by atoms with Crippen molar-refractivity contribution in [2.75, 3.05) is 25.5 Å². The van der Waals surface area contributed by atoms with E-state index in [9.17, 15) is 0 Å². The Balaban J connectivity index is 1.94. The zero-order chi connectivity index (χ0) is 13.9. The fourth-order valence-electron chi connectivity index (χ4n) is 2.80. The molecule has 0 bridgehead atoms. The Kier molecular flexibility index (Phi) is 3.74. The van der Waals surface area contributed by atoms with Crippen molar-refractivity contribution in [2.45, 2.75) is 25.3 Å². The first kappa shape index (κ1) is 13.2. The van der Waals surface area contributed by atoms with Gasteiger partial charge in [0.25, 0.3) is 0 Å². The molecule has 1 saturated heterocycles. The van der Waals surface area contributed by atoms with Crippen LogP contribution in [0.5, 0.6) is 0 Å². The van der Waals surface area contributed by atoms with Crippen LogP contribution in [0.2, 0.25) is 0 Å². The van der Waals surface area contributed by atoms with Gasteiger partial charge < -0.3 is 14.8 Å². The number of hydrogen-bond acceptors (Lipinski definition) is 3. The lowest BCUT2D eigenvalue weighted by atomic mass is 10.0. The van der Waals surface area contributed by atoms with Crippen LogP contribution in [0.25, 0.3) is 5.69 Å². The number of hydrogen-bond donors (Lipinski definition) is 1. The highest BCUT2D eigenvalue weighted by atomic mass is 15.1.